The minimum Gasteiger partial charge on any atom is -0.311 e. The Balaban J connectivity index is 3.93. The number of nitrogens with one attached hydrogen (secondary N) is 1. The van der Waals surface area contributed by atoms with Crippen molar-refractivity contribution in [1.82, 2.24) is 5.32 Å². The Morgan fingerprint density at radius 2 is 2.15 bits per heavy atom. The van der Waals surface area contributed by atoms with Crippen molar-refractivity contribution in [1.29, 1.82) is 0 Å². The number of allylic oxidation sites excluding steroid dienone is 2. The van der Waals surface area contributed by atoms with Crippen molar-refractivity contribution in [2.24, 2.45) is 0 Å². The Morgan fingerprint density at radius 1 is 1.54 bits per heavy atom. The van der Waals surface area contributed by atoms with Gasteiger partial charge in [0.2, 0.25) is 0 Å². The summed E-state index contributed by atoms with van der Waals surface area (Å²) in [6.07, 6.45) is 7.71. The predicted molar refractivity (Wildman–Crippen MR) is 60.9 cm³/mol. The van der Waals surface area contributed by atoms with Gasteiger partial charge in [-0.3, -0.25) is 0 Å². The van der Waals surface area contributed by atoms with Crippen LogP contribution in [0.2, 0.25) is 0 Å². The van der Waals surface area contributed by atoms with Crippen LogP contribution in [0.4, 0.5) is 0 Å². The molecule has 0 saturated carbocycles. The molecule has 0 heterocycles. The quantitative estimate of drug-likeness (QED) is 0.620. The van der Waals surface area contributed by atoms with Gasteiger partial charge in [0.25, 0.3) is 0 Å². The lowest BCUT2D eigenvalue weighted by atomic mass is 9.95. The lowest BCUT2D eigenvalue weighted by Crippen LogP contribution is -2.36. The van der Waals surface area contributed by atoms with Gasteiger partial charge < -0.3 is 5.32 Å². The Morgan fingerprint density at radius 3 is 2.54 bits per heavy atom. The van der Waals surface area contributed by atoms with Crippen molar-refractivity contribution in [3.05, 3.63) is 24.3 Å². The molecule has 0 aromatic heterocycles. The summed E-state index contributed by atoms with van der Waals surface area (Å²) in [6.45, 7) is 10.4. The van der Waals surface area contributed by atoms with E-state index in [1.165, 1.54) is 5.57 Å². The molecule has 0 amide bonds. The van der Waals surface area contributed by atoms with Gasteiger partial charge in [0.15, 0.2) is 0 Å². The molecule has 0 aliphatic rings. The molecule has 1 N–H and O–H groups in total. The summed E-state index contributed by atoms with van der Waals surface area (Å²) in [5.41, 5.74) is 1.56. The lowest BCUT2D eigenvalue weighted by Gasteiger charge is -2.24. The molecule has 1 unspecified atom stereocenters. The van der Waals surface area contributed by atoms with Crippen LogP contribution in [-0.4, -0.2) is 12.6 Å². The van der Waals surface area contributed by atoms with Crippen LogP contribution in [0.15, 0.2) is 24.3 Å². The van der Waals surface area contributed by atoms with Crippen molar-refractivity contribution in [3.8, 4) is 0 Å². The second kappa shape index (κ2) is 5.98. The molecule has 0 aromatic carbocycles. The van der Waals surface area contributed by atoms with Crippen LogP contribution in [0.3, 0.4) is 0 Å². The molecular weight excluding hydrogens is 158 g/mol. The van der Waals surface area contributed by atoms with Gasteiger partial charge in [0.05, 0.1) is 0 Å². The third-order valence-corrected chi connectivity index (χ3v) is 2.74. The minimum atomic E-state index is 0.0878. The topological polar surface area (TPSA) is 12.0 Å². The van der Waals surface area contributed by atoms with Crippen molar-refractivity contribution in [2.45, 2.75) is 45.6 Å². The summed E-state index contributed by atoms with van der Waals surface area (Å²) in [5.74, 6) is 0. The Kier molecular flexibility index (Phi) is 5.72. The zero-order valence-electron chi connectivity index (χ0n) is 9.48. The maximum Gasteiger partial charge on any atom is 0.0333 e. The molecular formula is C12H23N. The van der Waals surface area contributed by atoms with Crippen LogP contribution in [-0.2, 0) is 0 Å². The van der Waals surface area contributed by atoms with Crippen LogP contribution in [0.5, 0.6) is 0 Å². The van der Waals surface area contributed by atoms with E-state index < -0.39 is 0 Å². The van der Waals surface area contributed by atoms with E-state index in [4.69, 9.17) is 0 Å². The van der Waals surface area contributed by atoms with Gasteiger partial charge >= 0.3 is 0 Å². The van der Waals surface area contributed by atoms with E-state index in [1.807, 2.05) is 13.1 Å². The number of hydrogen-bond acceptors (Lipinski definition) is 1. The number of hydrogen-bond donors (Lipinski definition) is 1. The fraction of sp³-hybridized carbons (Fsp3) is 0.667. The average molecular weight is 181 g/mol. The van der Waals surface area contributed by atoms with E-state index in [1.54, 1.807) is 0 Å². The van der Waals surface area contributed by atoms with Crippen molar-refractivity contribution < 1.29 is 0 Å². The highest BCUT2D eigenvalue weighted by atomic mass is 14.9. The van der Waals surface area contributed by atoms with Gasteiger partial charge in [0.1, 0.15) is 0 Å². The van der Waals surface area contributed by atoms with Crippen molar-refractivity contribution in [3.63, 3.8) is 0 Å². The summed E-state index contributed by atoms with van der Waals surface area (Å²) in [4.78, 5) is 0. The van der Waals surface area contributed by atoms with E-state index >= 15 is 0 Å². The van der Waals surface area contributed by atoms with E-state index in [-0.39, 0.29) is 5.54 Å². The second-order valence-electron chi connectivity index (χ2n) is 3.81. The molecule has 1 atom stereocenters. The number of rotatable bonds is 6. The standard InChI is InChI=1S/C12H23N/c1-6-11(3)9-8-10-12(4,7-2)13-5/h7,9,13H,2,6,8,10H2,1,3-5H3/b11-9+. The van der Waals surface area contributed by atoms with Gasteiger partial charge in [-0.2, -0.15) is 0 Å². The summed E-state index contributed by atoms with van der Waals surface area (Å²) in [7, 11) is 1.98. The minimum absolute atomic E-state index is 0.0878. The molecule has 0 rings (SSSR count). The van der Waals surface area contributed by atoms with Crippen LogP contribution in [0.1, 0.15) is 40.0 Å². The van der Waals surface area contributed by atoms with Crippen LogP contribution in [0.25, 0.3) is 0 Å². The molecule has 0 bridgehead atoms. The normalized spacial score (nSPS) is 16.8. The van der Waals surface area contributed by atoms with E-state index in [9.17, 15) is 0 Å². The summed E-state index contributed by atoms with van der Waals surface area (Å²) < 4.78 is 0. The maximum atomic E-state index is 3.84. The first-order valence-electron chi connectivity index (χ1n) is 5.06. The van der Waals surface area contributed by atoms with Crippen molar-refractivity contribution >= 4 is 0 Å². The fourth-order valence-electron chi connectivity index (χ4n) is 1.09. The summed E-state index contributed by atoms with van der Waals surface area (Å²) >= 11 is 0. The van der Waals surface area contributed by atoms with E-state index in [2.05, 4.69) is 38.7 Å². The molecule has 1 heteroatoms. The molecule has 0 saturated heterocycles. The fourth-order valence-corrected chi connectivity index (χ4v) is 1.09. The zero-order valence-corrected chi connectivity index (χ0v) is 9.48. The van der Waals surface area contributed by atoms with Gasteiger partial charge in [-0.1, -0.05) is 24.6 Å². The highest BCUT2D eigenvalue weighted by Gasteiger charge is 2.15. The monoisotopic (exact) mass is 181 g/mol. The summed E-state index contributed by atoms with van der Waals surface area (Å²) in [6, 6.07) is 0. The molecule has 0 aliphatic carbocycles. The summed E-state index contributed by atoms with van der Waals surface area (Å²) in [5, 5.41) is 3.27. The molecule has 0 spiro atoms. The Labute approximate surface area is 82.9 Å². The SMILES string of the molecule is C=CC(C)(CC/C=C(\C)CC)NC. The number of likely N-dealkylation sites (N-methyl/N-ethyl adjacent to an activating group) is 1. The first-order chi connectivity index (χ1) is 6.08. The molecule has 0 radical (unpaired) electrons. The van der Waals surface area contributed by atoms with Gasteiger partial charge in [-0.15, -0.1) is 6.58 Å². The van der Waals surface area contributed by atoms with E-state index in [0.29, 0.717) is 0 Å². The molecule has 0 aromatic rings. The lowest BCUT2D eigenvalue weighted by molar-refractivity contribution is 0.448. The highest BCUT2D eigenvalue weighted by molar-refractivity contribution is 5.02. The molecule has 0 aliphatic heterocycles. The zero-order chi connectivity index (χ0) is 10.3. The Bertz CT molecular complexity index is 182. The molecule has 13 heavy (non-hydrogen) atoms. The van der Waals surface area contributed by atoms with Crippen LogP contribution < -0.4 is 5.32 Å². The predicted octanol–water partition coefficient (Wildman–Crippen LogP) is 3.29. The highest BCUT2D eigenvalue weighted by Crippen LogP contribution is 2.14. The third kappa shape index (κ3) is 4.89. The molecule has 0 fully saturated rings. The first-order valence-corrected chi connectivity index (χ1v) is 5.06. The maximum absolute atomic E-state index is 3.84. The van der Waals surface area contributed by atoms with Crippen LogP contribution in [0, 0.1) is 0 Å². The van der Waals surface area contributed by atoms with Gasteiger partial charge in [-0.05, 0) is 40.2 Å². The molecule has 76 valence electrons. The Hall–Kier alpha value is -0.560. The van der Waals surface area contributed by atoms with E-state index in [0.717, 1.165) is 19.3 Å². The molecule has 1 nitrogen and oxygen atoms in total. The van der Waals surface area contributed by atoms with Crippen LogP contribution >= 0.6 is 0 Å². The van der Waals surface area contributed by atoms with Gasteiger partial charge in [0, 0.05) is 5.54 Å². The smallest absolute Gasteiger partial charge is 0.0333 e. The third-order valence-electron chi connectivity index (χ3n) is 2.74. The largest absolute Gasteiger partial charge is 0.311 e. The average Bonchev–Trinajstić information content (AvgIpc) is 2.17. The van der Waals surface area contributed by atoms with Gasteiger partial charge in [-0.25, -0.2) is 0 Å². The first kappa shape index (κ1) is 12.4. The van der Waals surface area contributed by atoms with Crippen molar-refractivity contribution in [2.75, 3.05) is 7.05 Å². The second-order valence-corrected chi connectivity index (χ2v) is 3.81.